The smallest absolute Gasteiger partial charge is 0.0652 e. The van der Waals surface area contributed by atoms with Crippen LogP contribution in [0.25, 0.3) is 0 Å². The first-order valence-electron chi connectivity index (χ1n) is 2.95. The van der Waals surface area contributed by atoms with Gasteiger partial charge in [0.05, 0.1) is 26.0 Å². The van der Waals surface area contributed by atoms with Gasteiger partial charge in [-0.25, -0.2) is 0 Å². The number of halogens is 5. The van der Waals surface area contributed by atoms with E-state index in [1.807, 2.05) is 0 Å². The topological polar surface area (TPSA) is 0 Å². The van der Waals surface area contributed by atoms with Gasteiger partial charge in [-0.1, -0.05) is 46.4 Å². The van der Waals surface area contributed by atoms with Crippen molar-refractivity contribution in [1.82, 2.24) is 0 Å². The fraction of sp³-hybridized carbons (Fsp3) is 0.143. The highest BCUT2D eigenvalue weighted by atomic mass is 35.5. The first-order chi connectivity index (χ1) is 5.57. The molecule has 0 saturated carbocycles. The summed E-state index contributed by atoms with van der Waals surface area (Å²) in [6.07, 6.45) is 0. The lowest BCUT2D eigenvalue weighted by Gasteiger charge is -2.06. The molecule has 0 atom stereocenters. The van der Waals surface area contributed by atoms with Gasteiger partial charge in [0.1, 0.15) is 0 Å². The number of rotatable bonds is 1. The van der Waals surface area contributed by atoms with Crippen LogP contribution in [0.15, 0.2) is 6.07 Å². The van der Waals surface area contributed by atoms with Crippen molar-refractivity contribution < 1.29 is 0 Å². The highest BCUT2D eigenvalue weighted by Gasteiger charge is 2.12. The fourth-order valence-corrected chi connectivity index (χ4v) is 2.13. The van der Waals surface area contributed by atoms with Crippen molar-refractivity contribution in [3.63, 3.8) is 0 Å². The van der Waals surface area contributed by atoms with E-state index in [0.717, 1.165) is 0 Å². The third kappa shape index (κ3) is 1.94. The molecule has 0 unspecified atom stereocenters. The minimum Gasteiger partial charge on any atom is -0.121 e. The first-order valence-corrected chi connectivity index (χ1v) is 5.00. The van der Waals surface area contributed by atoms with E-state index >= 15 is 0 Å². The van der Waals surface area contributed by atoms with E-state index in [-0.39, 0.29) is 5.88 Å². The molecule has 0 bridgehead atoms. The SMILES string of the molecule is ClCc1c(Cl)c(Cl)cc(Cl)c1Cl. The molecule has 1 rings (SSSR count). The molecule has 0 fully saturated rings. The second kappa shape index (κ2) is 4.26. The van der Waals surface area contributed by atoms with Crippen LogP contribution in [0.5, 0.6) is 0 Å². The molecule has 1 aromatic rings. The molecule has 0 radical (unpaired) electrons. The monoisotopic (exact) mass is 262 g/mol. The maximum absolute atomic E-state index is 5.81. The summed E-state index contributed by atoms with van der Waals surface area (Å²) < 4.78 is 0. The predicted molar refractivity (Wildman–Crippen MR) is 56.0 cm³/mol. The van der Waals surface area contributed by atoms with Crippen molar-refractivity contribution >= 4 is 58.0 Å². The molecule has 0 saturated heterocycles. The standard InChI is InChI=1S/C7H3Cl5/c8-2-3-6(11)4(9)1-5(10)7(3)12/h1H,2H2. The molecule has 5 heteroatoms. The zero-order valence-electron chi connectivity index (χ0n) is 5.67. The summed E-state index contributed by atoms with van der Waals surface area (Å²) in [4.78, 5) is 0. The van der Waals surface area contributed by atoms with Crippen LogP contribution in [0.2, 0.25) is 20.1 Å². The van der Waals surface area contributed by atoms with Gasteiger partial charge in [-0.3, -0.25) is 0 Å². The van der Waals surface area contributed by atoms with E-state index in [0.29, 0.717) is 25.7 Å². The van der Waals surface area contributed by atoms with Crippen LogP contribution in [0.3, 0.4) is 0 Å². The van der Waals surface area contributed by atoms with E-state index < -0.39 is 0 Å². The highest BCUT2D eigenvalue weighted by Crippen LogP contribution is 2.37. The van der Waals surface area contributed by atoms with Crippen LogP contribution in [0.4, 0.5) is 0 Å². The summed E-state index contributed by atoms with van der Waals surface area (Å²) in [7, 11) is 0. The van der Waals surface area contributed by atoms with Crippen LogP contribution in [0, 0.1) is 0 Å². The largest absolute Gasteiger partial charge is 0.121 e. The number of hydrogen-bond acceptors (Lipinski definition) is 0. The van der Waals surface area contributed by atoms with Crippen molar-refractivity contribution in [3.8, 4) is 0 Å². The molecule has 0 nitrogen and oxygen atoms in total. The van der Waals surface area contributed by atoms with Crippen LogP contribution < -0.4 is 0 Å². The van der Waals surface area contributed by atoms with Crippen molar-refractivity contribution in [3.05, 3.63) is 31.7 Å². The van der Waals surface area contributed by atoms with Gasteiger partial charge in [-0.05, 0) is 6.07 Å². The summed E-state index contributed by atoms with van der Waals surface area (Å²) in [6, 6.07) is 1.49. The van der Waals surface area contributed by atoms with E-state index in [4.69, 9.17) is 58.0 Å². The molecular formula is C7H3Cl5. The highest BCUT2D eigenvalue weighted by molar-refractivity contribution is 6.48. The molecule has 66 valence electrons. The minimum atomic E-state index is 0.192. The number of alkyl halides is 1. The van der Waals surface area contributed by atoms with Gasteiger partial charge in [-0.15, -0.1) is 11.6 Å². The second-order valence-corrected chi connectivity index (χ2v) is 3.92. The van der Waals surface area contributed by atoms with Gasteiger partial charge < -0.3 is 0 Å². The minimum absolute atomic E-state index is 0.192. The lowest BCUT2D eigenvalue weighted by molar-refractivity contribution is 1.40. The Morgan fingerprint density at radius 1 is 0.917 bits per heavy atom. The van der Waals surface area contributed by atoms with Crippen molar-refractivity contribution in [1.29, 1.82) is 0 Å². The van der Waals surface area contributed by atoms with Gasteiger partial charge in [-0.2, -0.15) is 0 Å². The molecule has 0 heterocycles. The fourth-order valence-electron chi connectivity index (χ4n) is 0.740. The normalized spacial score (nSPS) is 10.4. The zero-order valence-corrected chi connectivity index (χ0v) is 9.45. The molecule has 0 N–H and O–H groups in total. The van der Waals surface area contributed by atoms with Crippen LogP contribution in [-0.4, -0.2) is 0 Å². The molecule has 1 aromatic carbocycles. The van der Waals surface area contributed by atoms with Crippen molar-refractivity contribution in [2.45, 2.75) is 5.88 Å². The molecule has 0 aliphatic heterocycles. The molecule has 12 heavy (non-hydrogen) atoms. The lowest BCUT2D eigenvalue weighted by atomic mass is 10.2. The van der Waals surface area contributed by atoms with Gasteiger partial charge in [0.2, 0.25) is 0 Å². The van der Waals surface area contributed by atoms with Gasteiger partial charge in [0.15, 0.2) is 0 Å². The van der Waals surface area contributed by atoms with Gasteiger partial charge in [0, 0.05) is 5.56 Å². The molecule has 0 spiro atoms. The van der Waals surface area contributed by atoms with E-state index in [2.05, 4.69) is 0 Å². The Balaban J connectivity index is 3.42. The Labute approximate surface area is 95.3 Å². The van der Waals surface area contributed by atoms with Crippen LogP contribution >= 0.6 is 58.0 Å². The van der Waals surface area contributed by atoms with E-state index in [9.17, 15) is 0 Å². The third-order valence-electron chi connectivity index (χ3n) is 1.34. The third-order valence-corrected chi connectivity index (χ3v) is 3.26. The van der Waals surface area contributed by atoms with Crippen molar-refractivity contribution in [2.75, 3.05) is 0 Å². The molecule has 0 aromatic heterocycles. The second-order valence-electron chi connectivity index (χ2n) is 2.08. The van der Waals surface area contributed by atoms with Crippen LogP contribution in [0.1, 0.15) is 5.56 Å². The molecule has 0 amide bonds. The van der Waals surface area contributed by atoms with Crippen molar-refractivity contribution in [2.24, 2.45) is 0 Å². The first kappa shape index (κ1) is 10.7. The molecule has 0 aliphatic rings. The predicted octanol–water partition coefficient (Wildman–Crippen LogP) is 5.04. The van der Waals surface area contributed by atoms with E-state index in [1.54, 1.807) is 0 Å². The quantitative estimate of drug-likeness (QED) is 0.492. The Hall–Kier alpha value is 0.670. The zero-order chi connectivity index (χ0) is 9.30. The maximum atomic E-state index is 5.81. The lowest BCUT2D eigenvalue weighted by Crippen LogP contribution is -1.85. The van der Waals surface area contributed by atoms with Crippen LogP contribution in [-0.2, 0) is 5.88 Å². The summed E-state index contributed by atoms with van der Waals surface area (Å²) in [5, 5.41) is 1.45. The number of hydrogen-bond donors (Lipinski definition) is 0. The Morgan fingerprint density at radius 3 is 1.67 bits per heavy atom. The maximum Gasteiger partial charge on any atom is 0.0652 e. The Bertz CT molecular complexity index is 281. The summed E-state index contributed by atoms with van der Waals surface area (Å²) in [5.41, 5.74) is 0.567. The summed E-state index contributed by atoms with van der Waals surface area (Å²) in [6.45, 7) is 0. The summed E-state index contributed by atoms with van der Waals surface area (Å²) in [5.74, 6) is 0.192. The molecular weight excluding hydrogens is 261 g/mol. The molecule has 0 aliphatic carbocycles. The van der Waals surface area contributed by atoms with E-state index in [1.165, 1.54) is 6.07 Å². The number of benzene rings is 1. The average Bonchev–Trinajstić information content (AvgIpc) is 2.02. The Kier molecular flexibility index (Phi) is 3.81. The summed E-state index contributed by atoms with van der Waals surface area (Å²) >= 11 is 28.7. The Morgan fingerprint density at radius 2 is 1.33 bits per heavy atom. The van der Waals surface area contributed by atoms with Gasteiger partial charge >= 0.3 is 0 Å². The average molecular weight is 264 g/mol. The van der Waals surface area contributed by atoms with Gasteiger partial charge in [0.25, 0.3) is 0 Å².